The van der Waals surface area contributed by atoms with Crippen molar-refractivity contribution in [3.8, 4) is 0 Å². The molecule has 18 heavy (non-hydrogen) atoms. The Kier molecular flexibility index (Phi) is 4.18. The molecule has 2 rings (SSSR count). The Morgan fingerprint density at radius 2 is 1.72 bits per heavy atom. The van der Waals surface area contributed by atoms with E-state index in [1.165, 1.54) is 0 Å². The summed E-state index contributed by atoms with van der Waals surface area (Å²) in [7, 11) is 0. The third-order valence-corrected chi connectivity index (χ3v) is 3.96. The van der Waals surface area contributed by atoms with E-state index in [4.69, 9.17) is 40.5 Å². The highest BCUT2D eigenvalue weighted by Crippen LogP contribution is 2.33. The summed E-state index contributed by atoms with van der Waals surface area (Å²) in [5.41, 5.74) is 9.08. The van der Waals surface area contributed by atoms with Crippen LogP contribution in [0, 0.1) is 6.92 Å². The third-order valence-electron chi connectivity index (χ3n) is 2.89. The largest absolute Gasteiger partial charge is 0.320 e. The van der Waals surface area contributed by atoms with Crippen LogP contribution in [0.1, 0.15) is 22.7 Å². The molecule has 0 saturated carbocycles. The van der Waals surface area contributed by atoms with Gasteiger partial charge in [-0.15, -0.1) is 0 Å². The standard InChI is InChI=1S/C14H12Cl3N/c1-8-5-6-9(15)7-11(8)14(18)10-3-2-4-12(16)13(10)17/h2-7,14H,18H2,1H3. The third kappa shape index (κ3) is 2.65. The molecule has 0 saturated heterocycles. The monoisotopic (exact) mass is 299 g/mol. The van der Waals surface area contributed by atoms with Crippen molar-refractivity contribution in [1.29, 1.82) is 0 Å². The maximum absolute atomic E-state index is 6.25. The molecule has 2 aromatic carbocycles. The minimum atomic E-state index is -0.338. The zero-order valence-electron chi connectivity index (χ0n) is 9.75. The minimum absolute atomic E-state index is 0.338. The first-order valence-corrected chi connectivity index (χ1v) is 6.59. The Labute approximate surface area is 121 Å². The van der Waals surface area contributed by atoms with Gasteiger partial charge in [0.05, 0.1) is 16.1 Å². The first kappa shape index (κ1) is 13.7. The van der Waals surface area contributed by atoms with Crippen LogP contribution < -0.4 is 5.73 Å². The lowest BCUT2D eigenvalue weighted by atomic mass is 9.96. The molecule has 1 nitrogen and oxygen atoms in total. The first-order chi connectivity index (χ1) is 8.50. The molecule has 0 aliphatic rings. The number of rotatable bonds is 2. The quantitative estimate of drug-likeness (QED) is 0.829. The number of hydrogen-bond acceptors (Lipinski definition) is 1. The van der Waals surface area contributed by atoms with Crippen LogP contribution in [0.5, 0.6) is 0 Å². The SMILES string of the molecule is Cc1ccc(Cl)cc1C(N)c1cccc(Cl)c1Cl. The van der Waals surface area contributed by atoms with Crippen LogP contribution in [-0.2, 0) is 0 Å². The van der Waals surface area contributed by atoms with E-state index in [0.717, 1.165) is 16.7 Å². The van der Waals surface area contributed by atoms with E-state index in [2.05, 4.69) is 0 Å². The molecule has 1 atom stereocenters. The second-order valence-corrected chi connectivity index (χ2v) is 5.34. The predicted molar refractivity (Wildman–Crippen MR) is 78.7 cm³/mol. The van der Waals surface area contributed by atoms with Crippen LogP contribution in [0.3, 0.4) is 0 Å². The Hall–Kier alpha value is -0.730. The fourth-order valence-corrected chi connectivity index (χ4v) is 2.48. The van der Waals surface area contributed by atoms with Crippen LogP contribution in [0.15, 0.2) is 36.4 Å². The van der Waals surface area contributed by atoms with Crippen molar-refractivity contribution in [1.82, 2.24) is 0 Å². The van der Waals surface area contributed by atoms with Crippen molar-refractivity contribution in [2.45, 2.75) is 13.0 Å². The van der Waals surface area contributed by atoms with Crippen molar-refractivity contribution < 1.29 is 0 Å². The van der Waals surface area contributed by atoms with Crippen LogP contribution in [0.25, 0.3) is 0 Å². The molecule has 0 radical (unpaired) electrons. The molecule has 0 spiro atoms. The smallest absolute Gasteiger partial charge is 0.0643 e. The molecule has 1 unspecified atom stereocenters. The molecular formula is C14H12Cl3N. The topological polar surface area (TPSA) is 26.0 Å². The number of halogens is 3. The highest BCUT2D eigenvalue weighted by molar-refractivity contribution is 6.42. The molecule has 0 fully saturated rings. The highest BCUT2D eigenvalue weighted by atomic mass is 35.5. The van der Waals surface area contributed by atoms with Crippen molar-refractivity contribution in [3.63, 3.8) is 0 Å². The fourth-order valence-electron chi connectivity index (χ4n) is 1.87. The Bertz CT molecular complexity index is 579. The van der Waals surface area contributed by atoms with Crippen molar-refractivity contribution in [3.05, 3.63) is 68.2 Å². The van der Waals surface area contributed by atoms with E-state index in [0.29, 0.717) is 15.1 Å². The van der Waals surface area contributed by atoms with Gasteiger partial charge in [-0.25, -0.2) is 0 Å². The predicted octanol–water partition coefficient (Wildman–Crippen LogP) is 5.00. The number of hydrogen-bond donors (Lipinski definition) is 1. The van der Waals surface area contributed by atoms with Crippen molar-refractivity contribution in [2.75, 3.05) is 0 Å². The number of benzene rings is 2. The Balaban J connectivity index is 2.51. The highest BCUT2D eigenvalue weighted by Gasteiger charge is 2.16. The molecule has 0 aromatic heterocycles. The van der Waals surface area contributed by atoms with Gasteiger partial charge >= 0.3 is 0 Å². The summed E-state index contributed by atoms with van der Waals surface area (Å²) in [5, 5.41) is 1.65. The van der Waals surface area contributed by atoms with Crippen LogP contribution in [-0.4, -0.2) is 0 Å². The number of aryl methyl sites for hydroxylation is 1. The van der Waals surface area contributed by atoms with Crippen LogP contribution in [0.4, 0.5) is 0 Å². The van der Waals surface area contributed by atoms with Gasteiger partial charge in [0, 0.05) is 5.02 Å². The molecule has 2 aromatic rings. The summed E-state index contributed by atoms with van der Waals surface area (Å²) in [6.45, 7) is 1.99. The zero-order chi connectivity index (χ0) is 13.3. The second kappa shape index (κ2) is 5.50. The van der Waals surface area contributed by atoms with Crippen LogP contribution in [0.2, 0.25) is 15.1 Å². The molecule has 4 heteroatoms. The van der Waals surface area contributed by atoms with E-state index >= 15 is 0 Å². The molecule has 0 aliphatic carbocycles. The minimum Gasteiger partial charge on any atom is -0.320 e. The van der Waals surface area contributed by atoms with Gasteiger partial charge in [-0.05, 0) is 41.8 Å². The zero-order valence-corrected chi connectivity index (χ0v) is 12.0. The fraction of sp³-hybridized carbons (Fsp3) is 0.143. The summed E-state index contributed by atoms with van der Waals surface area (Å²) in [6.07, 6.45) is 0. The summed E-state index contributed by atoms with van der Waals surface area (Å²) in [4.78, 5) is 0. The first-order valence-electron chi connectivity index (χ1n) is 5.46. The average Bonchev–Trinajstić information content (AvgIpc) is 2.35. The molecule has 2 N–H and O–H groups in total. The van der Waals surface area contributed by atoms with E-state index in [-0.39, 0.29) is 6.04 Å². The number of nitrogens with two attached hydrogens (primary N) is 1. The van der Waals surface area contributed by atoms with Crippen LogP contribution >= 0.6 is 34.8 Å². The summed E-state index contributed by atoms with van der Waals surface area (Å²) >= 11 is 18.2. The molecule has 0 bridgehead atoms. The van der Waals surface area contributed by atoms with E-state index in [1.807, 2.05) is 37.3 Å². The van der Waals surface area contributed by atoms with Gasteiger partial charge in [-0.1, -0.05) is 53.0 Å². The van der Waals surface area contributed by atoms with Gasteiger partial charge < -0.3 is 5.73 Å². The van der Waals surface area contributed by atoms with Gasteiger partial charge in [0.2, 0.25) is 0 Å². The molecule has 0 amide bonds. The Morgan fingerprint density at radius 3 is 2.44 bits per heavy atom. The van der Waals surface area contributed by atoms with E-state index in [9.17, 15) is 0 Å². The van der Waals surface area contributed by atoms with Crippen molar-refractivity contribution in [2.24, 2.45) is 5.73 Å². The van der Waals surface area contributed by atoms with Gasteiger partial charge in [0.25, 0.3) is 0 Å². The summed E-state index contributed by atoms with van der Waals surface area (Å²) < 4.78 is 0. The average molecular weight is 301 g/mol. The Morgan fingerprint density at radius 1 is 1.00 bits per heavy atom. The lowest BCUT2D eigenvalue weighted by molar-refractivity contribution is 0.862. The summed E-state index contributed by atoms with van der Waals surface area (Å²) in [6, 6.07) is 10.8. The van der Waals surface area contributed by atoms with Gasteiger partial charge in [0.15, 0.2) is 0 Å². The molecule has 94 valence electrons. The maximum Gasteiger partial charge on any atom is 0.0643 e. The lowest BCUT2D eigenvalue weighted by Gasteiger charge is -2.17. The van der Waals surface area contributed by atoms with Crippen molar-refractivity contribution >= 4 is 34.8 Å². The maximum atomic E-state index is 6.25. The van der Waals surface area contributed by atoms with E-state index < -0.39 is 0 Å². The lowest BCUT2D eigenvalue weighted by Crippen LogP contribution is -2.13. The molecular weight excluding hydrogens is 289 g/mol. The summed E-state index contributed by atoms with van der Waals surface area (Å²) in [5.74, 6) is 0. The molecule has 0 heterocycles. The van der Waals surface area contributed by atoms with Gasteiger partial charge in [-0.2, -0.15) is 0 Å². The van der Waals surface area contributed by atoms with Gasteiger partial charge in [-0.3, -0.25) is 0 Å². The second-order valence-electron chi connectivity index (χ2n) is 4.12. The van der Waals surface area contributed by atoms with Gasteiger partial charge in [0.1, 0.15) is 0 Å². The van der Waals surface area contributed by atoms with E-state index in [1.54, 1.807) is 6.07 Å². The normalized spacial score (nSPS) is 12.5. The molecule has 0 aliphatic heterocycles.